The number of aromatic carboxylic acids is 1. The standard InChI is InChI=1S/C15H13FN2O3/c16-12-3-1-2-4-13(12)17-9-14(19)18-11-7-5-10(6-8-11)15(20)21/h1-8,17H,9H2,(H,18,19)(H,20,21). The van der Waals surface area contributed by atoms with Crippen molar-refractivity contribution in [2.75, 3.05) is 17.2 Å². The van der Waals surface area contributed by atoms with E-state index in [1.807, 2.05) is 0 Å². The van der Waals surface area contributed by atoms with Crippen molar-refractivity contribution in [2.45, 2.75) is 0 Å². The highest BCUT2D eigenvalue weighted by atomic mass is 19.1. The Kier molecular flexibility index (Phi) is 4.50. The van der Waals surface area contributed by atoms with E-state index < -0.39 is 11.8 Å². The number of carbonyl (C=O) groups is 2. The first-order valence-corrected chi connectivity index (χ1v) is 6.18. The first-order valence-electron chi connectivity index (χ1n) is 6.18. The van der Waals surface area contributed by atoms with Gasteiger partial charge in [0.15, 0.2) is 0 Å². The van der Waals surface area contributed by atoms with Gasteiger partial charge in [-0.25, -0.2) is 9.18 Å². The van der Waals surface area contributed by atoms with Crippen LogP contribution >= 0.6 is 0 Å². The van der Waals surface area contributed by atoms with Crippen molar-refractivity contribution in [1.82, 2.24) is 0 Å². The Balaban J connectivity index is 1.90. The first kappa shape index (κ1) is 14.5. The maximum absolute atomic E-state index is 13.3. The Morgan fingerprint density at radius 2 is 1.71 bits per heavy atom. The topological polar surface area (TPSA) is 78.4 Å². The van der Waals surface area contributed by atoms with Crippen molar-refractivity contribution >= 4 is 23.3 Å². The number of anilines is 2. The molecular weight excluding hydrogens is 275 g/mol. The van der Waals surface area contributed by atoms with Crippen molar-refractivity contribution in [3.63, 3.8) is 0 Å². The van der Waals surface area contributed by atoms with Crippen LogP contribution in [0.2, 0.25) is 0 Å². The van der Waals surface area contributed by atoms with Gasteiger partial charge in [-0.1, -0.05) is 12.1 Å². The lowest BCUT2D eigenvalue weighted by molar-refractivity contribution is -0.114. The highest BCUT2D eigenvalue weighted by molar-refractivity contribution is 5.94. The molecule has 6 heteroatoms. The molecule has 0 heterocycles. The molecule has 21 heavy (non-hydrogen) atoms. The van der Waals surface area contributed by atoms with E-state index in [1.165, 1.54) is 36.4 Å². The van der Waals surface area contributed by atoms with Crippen LogP contribution in [0, 0.1) is 5.82 Å². The van der Waals surface area contributed by atoms with Gasteiger partial charge in [0.05, 0.1) is 17.8 Å². The number of para-hydroxylation sites is 1. The molecule has 0 bridgehead atoms. The maximum atomic E-state index is 13.3. The molecule has 0 aliphatic rings. The van der Waals surface area contributed by atoms with Crippen molar-refractivity contribution in [1.29, 1.82) is 0 Å². The lowest BCUT2D eigenvalue weighted by Crippen LogP contribution is -2.22. The fourth-order valence-corrected chi connectivity index (χ4v) is 1.68. The van der Waals surface area contributed by atoms with Crippen LogP contribution in [0.1, 0.15) is 10.4 Å². The molecule has 0 unspecified atom stereocenters. The van der Waals surface area contributed by atoms with Crippen LogP contribution in [0.4, 0.5) is 15.8 Å². The molecule has 108 valence electrons. The van der Waals surface area contributed by atoms with Crippen LogP contribution in [-0.4, -0.2) is 23.5 Å². The van der Waals surface area contributed by atoms with E-state index in [4.69, 9.17) is 5.11 Å². The second-order valence-corrected chi connectivity index (χ2v) is 4.26. The van der Waals surface area contributed by atoms with Gasteiger partial charge in [-0.05, 0) is 36.4 Å². The number of carboxylic acids is 1. The third-order valence-corrected chi connectivity index (χ3v) is 2.73. The molecule has 0 radical (unpaired) electrons. The van der Waals surface area contributed by atoms with E-state index in [1.54, 1.807) is 12.1 Å². The van der Waals surface area contributed by atoms with Gasteiger partial charge in [0, 0.05) is 5.69 Å². The Morgan fingerprint density at radius 1 is 1.05 bits per heavy atom. The van der Waals surface area contributed by atoms with E-state index in [0.29, 0.717) is 5.69 Å². The molecule has 0 saturated carbocycles. The largest absolute Gasteiger partial charge is 0.478 e. The molecule has 0 aliphatic heterocycles. The number of carbonyl (C=O) groups excluding carboxylic acids is 1. The van der Waals surface area contributed by atoms with Crippen LogP contribution in [0.15, 0.2) is 48.5 Å². The van der Waals surface area contributed by atoms with E-state index in [9.17, 15) is 14.0 Å². The van der Waals surface area contributed by atoms with E-state index >= 15 is 0 Å². The predicted molar refractivity (Wildman–Crippen MR) is 76.9 cm³/mol. The molecule has 2 aromatic rings. The molecule has 3 N–H and O–H groups in total. The highest BCUT2D eigenvalue weighted by Gasteiger charge is 2.06. The van der Waals surface area contributed by atoms with Gasteiger partial charge < -0.3 is 15.7 Å². The van der Waals surface area contributed by atoms with Crippen molar-refractivity contribution < 1.29 is 19.1 Å². The number of carboxylic acid groups (broad SMARTS) is 1. The van der Waals surface area contributed by atoms with Crippen LogP contribution in [-0.2, 0) is 4.79 Å². The third-order valence-electron chi connectivity index (χ3n) is 2.73. The Hall–Kier alpha value is -2.89. The number of benzene rings is 2. The summed E-state index contributed by atoms with van der Waals surface area (Å²) in [5.74, 6) is -1.83. The number of rotatable bonds is 5. The lowest BCUT2D eigenvalue weighted by Gasteiger charge is -2.08. The normalized spacial score (nSPS) is 9.95. The molecular formula is C15H13FN2O3. The first-order chi connectivity index (χ1) is 10.1. The second kappa shape index (κ2) is 6.51. The number of amides is 1. The van der Waals surface area contributed by atoms with Crippen molar-refractivity contribution in [2.24, 2.45) is 0 Å². The van der Waals surface area contributed by atoms with Gasteiger partial charge in [-0.2, -0.15) is 0 Å². The molecule has 2 rings (SSSR count). The summed E-state index contributed by atoms with van der Waals surface area (Å²) in [6, 6.07) is 11.8. The van der Waals surface area contributed by atoms with Crippen LogP contribution in [0.3, 0.4) is 0 Å². The molecule has 0 fully saturated rings. The number of halogens is 1. The fourth-order valence-electron chi connectivity index (χ4n) is 1.68. The second-order valence-electron chi connectivity index (χ2n) is 4.26. The number of nitrogens with one attached hydrogen (secondary N) is 2. The minimum atomic E-state index is -1.03. The molecule has 0 aliphatic carbocycles. The van der Waals surface area contributed by atoms with Gasteiger partial charge >= 0.3 is 5.97 Å². The van der Waals surface area contributed by atoms with Crippen LogP contribution < -0.4 is 10.6 Å². The number of hydrogen-bond donors (Lipinski definition) is 3. The molecule has 0 aromatic heterocycles. The SMILES string of the molecule is O=C(CNc1ccccc1F)Nc1ccc(C(=O)O)cc1. The average molecular weight is 288 g/mol. The summed E-state index contributed by atoms with van der Waals surface area (Å²) in [7, 11) is 0. The smallest absolute Gasteiger partial charge is 0.335 e. The highest BCUT2D eigenvalue weighted by Crippen LogP contribution is 2.12. The minimum absolute atomic E-state index is 0.0956. The van der Waals surface area contributed by atoms with Gasteiger partial charge in [0.1, 0.15) is 5.82 Å². The summed E-state index contributed by atoms with van der Waals surface area (Å²) in [5, 5.41) is 14.0. The third kappa shape index (κ3) is 4.04. The van der Waals surface area contributed by atoms with Crippen LogP contribution in [0.25, 0.3) is 0 Å². The number of hydrogen-bond acceptors (Lipinski definition) is 3. The predicted octanol–water partition coefficient (Wildman–Crippen LogP) is 2.57. The Morgan fingerprint density at radius 3 is 2.33 bits per heavy atom. The minimum Gasteiger partial charge on any atom is -0.478 e. The van der Waals surface area contributed by atoms with Gasteiger partial charge in [0.2, 0.25) is 5.91 Å². The molecule has 1 amide bonds. The summed E-state index contributed by atoms with van der Waals surface area (Å²) in [6.07, 6.45) is 0. The van der Waals surface area contributed by atoms with E-state index in [-0.39, 0.29) is 23.7 Å². The summed E-state index contributed by atoms with van der Waals surface area (Å²) >= 11 is 0. The Labute approximate surface area is 120 Å². The van der Waals surface area contributed by atoms with Crippen molar-refractivity contribution in [3.8, 4) is 0 Å². The van der Waals surface area contributed by atoms with Gasteiger partial charge in [-0.3, -0.25) is 4.79 Å². The fraction of sp³-hybridized carbons (Fsp3) is 0.0667. The molecule has 5 nitrogen and oxygen atoms in total. The zero-order valence-corrected chi connectivity index (χ0v) is 11.0. The van der Waals surface area contributed by atoms with Crippen LogP contribution in [0.5, 0.6) is 0 Å². The van der Waals surface area contributed by atoms with E-state index in [0.717, 1.165) is 0 Å². The quantitative estimate of drug-likeness (QED) is 0.790. The molecule has 0 saturated heterocycles. The molecule has 0 spiro atoms. The zero-order chi connectivity index (χ0) is 15.2. The van der Waals surface area contributed by atoms with Gasteiger partial charge in [0.25, 0.3) is 0 Å². The summed E-state index contributed by atoms with van der Waals surface area (Å²) in [4.78, 5) is 22.4. The molecule has 0 atom stereocenters. The van der Waals surface area contributed by atoms with E-state index in [2.05, 4.69) is 10.6 Å². The summed E-state index contributed by atoms with van der Waals surface area (Å²) < 4.78 is 13.3. The van der Waals surface area contributed by atoms with Gasteiger partial charge in [-0.15, -0.1) is 0 Å². The lowest BCUT2D eigenvalue weighted by atomic mass is 10.2. The Bertz CT molecular complexity index is 656. The van der Waals surface area contributed by atoms with Crippen molar-refractivity contribution in [3.05, 3.63) is 59.9 Å². The molecule has 2 aromatic carbocycles. The monoisotopic (exact) mass is 288 g/mol. The summed E-state index contributed by atoms with van der Waals surface area (Å²) in [5.41, 5.74) is 0.853. The summed E-state index contributed by atoms with van der Waals surface area (Å²) in [6.45, 7) is -0.0956. The average Bonchev–Trinajstić information content (AvgIpc) is 2.47. The maximum Gasteiger partial charge on any atom is 0.335 e. The zero-order valence-electron chi connectivity index (χ0n) is 11.0.